The van der Waals surface area contributed by atoms with Gasteiger partial charge in [-0.2, -0.15) is 8.42 Å². The number of carbonyl (C=O) groups excluding carboxylic acids is 1. The normalized spacial score (nSPS) is 33.8. The van der Waals surface area contributed by atoms with Gasteiger partial charge in [0, 0.05) is 0 Å². The molecule has 0 aromatic rings. The maximum Gasteiger partial charge on any atom is 0.411 e. The van der Waals surface area contributed by atoms with Crippen LogP contribution >= 0.6 is 0 Å². The summed E-state index contributed by atoms with van der Waals surface area (Å²) < 4.78 is 33.1. The Labute approximate surface area is 135 Å². The molecule has 0 aromatic heterocycles. The van der Waals surface area contributed by atoms with Crippen LogP contribution < -0.4 is 0 Å². The van der Waals surface area contributed by atoms with Crippen molar-refractivity contribution in [2.24, 2.45) is 5.92 Å². The number of rotatable bonds is 3. The van der Waals surface area contributed by atoms with E-state index in [1.165, 1.54) is 6.92 Å². The van der Waals surface area contributed by atoms with Crippen molar-refractivity contribution in [3.8, 4) is 0 Å². The van der Waals surface area contributed by atoms with Gasteiger partial charge in [-0.05, 0) is 46.5 Å². The quantitative estimate of drug-likeness (QED) is 0.762. The lowest BCUT2D eigenvalue weighted by atomic mass is 9.84. The summed E-state index contributed by atoms with van der Waals surface area (Å²) in [6, 6.07) is -0.634. The molecule has 1 aliphatic heterocycles. The SMILES string of the molecule is CC(C)(C)OC(=O)N1[C@@H]2C[C@@H](C[C@H]2OS(C)(=O)=O)[C@@]1(C)C(=O)O. The van der Waals surface area contributed by atoms with E-state index < -0.39 is 45.5 Å². The molecule has 4 atom stereocenters. The van der Waals surface area contributed by atoms with Crippen LogP contribution in [0.15, 0.2) is 0 Å². The number of aliphatic carboxylic acids is 1. The van der Waals surface area contributed by atoms with Crippen LogP contribution in [0.25, 0.3) is 0 Å². The number of likely N-dealkylation sites (tertiary alicyclic amines) is 1. The van der Waals surface area contributed by atoms with E-state index in [4.69, 9.17) is 8.92 Å². The van der Waals surface area contributed by atoms with Gasteiger partial charge in [0.05, 0.1) is 18.4 Å². The summed E-state index contributed by atoms with van der Waals surface area (Å²) >= 11 is 0. The largest absolute Gasteiger partial charge is 0.479 e. The lowest BCUT2D eigenvalue weighted by Crippen LogP contribution is -2.62. The van der Waals surface area contributed by atoms with E-state index in [0.717, 1.165) is 11.2 Å². The smallest absolute Gasteiger partial charge is 0.411 e. The maximum absolute atomic E-state index is 12.5. The summed E-state index contributed by atoms with van der Waals surface area (Å²) in [6.45, 7) is 6.52. The van der Waals surface area contributed by atoms with Gasteiger partial charge in [0.15, 0.2) is 0 Å². The topological polar surface area (TPSA) is 110 Å². The van der Waals surface area contributed by atoms with Crippen molar-refractivity contribution in [2.45, 2.75) is 63.8 Å². The van der Waals surface area contributed by atoms with Crippen LogP contribution in [0, 0.1) is 5.92 Å². The fourth-order valence-corrected chi connectivity index (χ4v) is 4.15. The monoisotopic (exact) mass is 349 g/mol. The van der Waals surface area contributed by atoms with Crippen LogP contribution in [0.5, 0.6) is 0 Å². The van der Waals surface area contributed by atoms with Gasteiger partial charge in [0.25, 0.3) is 10.1 Å². The van der Waals surface area contributed by atoms with E-state index in [1.54, 1.807) is 20.8 Å². The van der Waals surface area contributed by atoms with Crippen molar-refractivity contribution in [3.05, 3.63) is 0 Å². The number of nitrogens with zero attached hydrogens (tertiary/aromatic N) is 1. The Kier molecular flexibility index (Phi) is 4.18. The third-order valence-corrected chi connectivity index (χ3v) is 5.02. The third-order valence-electron chi connectivity index (χ3n) is 4.42. The number of carbonyl (C=O) groups is 2. The van der Waals surface area contributed by atoms with Crippen molar-refractivity contribution < 1.29 is 32.0 Å². The zero-order valence-electron chi connectivity index (χ0n) is 13.9. The molecule has 132 valence electrons. The summed E-state index contributed by atoms with van der Waals surface area (Å²) in [7, 11) is -3.70. The van der Waals surface area contributed by atoms with E-state index in [1.807, 2.05) is 0 Å². The van der Waals surface area contributed by atoms with Crippen molar-refractivity contribution in [1.82, 2.24) is 4.90 Å². The summed E-state index contributed by atoms with van der Waals surface area (Å²) in [4.78, 5) is 25.4. The van der Waals surface area contributed by atoms with E-state index in [0.29, 0.717) is 6.42 Å². The molecule has 1 heterocycles. The Balaban J connectivity index is 2.34. The number of carboxylic acids is 1. The van der Waals surface area contributed by atoms with Gasteiger partial charge >= 0.3 is 12.1 Å². The molecule has 1 saturated carbocycles. The Morgan fingerprint density at radius 3 is 2.26 bits per heavy atom. The number of carboxylic acid groups (broad SMARTS) is 1. The predicted molar refractivity (Wildman–Crippen MR) is 80.3 cm³/mol. The Morgan fingerprint density at radius 1 is 1.26 bits per heavy atom. The lowest BCUT2D eigenvalue weighted by Gasteiger charge is -2.43. The molecule has 1 N–H and O–H groups in total. The Bertz CT molecular complexity index is 624. The number of piperidine rings is 1. The van der Waals surface area contributed by atoms with Crippen molar-refractivity contribution in [2.75, 3.05) is 6.26 Å². The highest BCUT2D eigenvalue weighted by Crippen LogP contribution is 2.51. The second kappa shape index (κ2) is 5.34. The first-order valence-corrected chi connectivity index (χ1v) is 9.21. The number of hydrogen-bond donors (Lipinski definition) is 1. The van der Waals surface area contributed by atoms with Crippen molar-refractivity contribution in [3.63, 3.8) is 0 Å². The molecular weight excluding hydrogens is 326 g/mol. The van der Waals surface area contributed by atoms with Crippen LogP contribution in [-0.4, -0.2) is 60.0 Å². The third kappa shape index (κ3) is 3.30. The predicted octanol–water partition coefficient (Wildman–Crippen LogP) is 1.20. The molecule has 2 aliphatic rings. The molecule has 2 bridgehead atoms. The van der Waals surface area contributed by atoms with Crippen LogP contribution in [0.2, 0.25) is 0 Å². The average molecular weight is 349 g/mol. The van der Waals surface area contributed by atoms with E-state index in [-0.39, 0.29) is 12.3 Å². The Morgan fingerprint density at radius 2 is 1.83 bits per heavy atom. The molecule has 0 aromatic carbocycles. The molecule has 23 heavy (non-hydrogen) atoms. The highest BCUT2D eigenvalue weighted by molar-refractivity contribution is 7.86. The van der Waals surface area contributed by atoms with Crippen LogP contribution in [-0.2, 0) is 23.8 Å². The second-order valence-electron chi connectivity index (χ2n) is 7.38. The number of ether oxygens (including phenoxy) is 1. The molecule has 0 spiro atoms. The van der Waals surface area contributed by atoms with Gasteiger partial charge in [0.1, 0.15) is 11.1 Å². The molecule has 1 saturated heterocycles. The van der Waals surface area contributed by atoms with Crippen LogP contribution in [0.3, 0.4) is 0 Å². The fourth-order valence-electron chi connectivity index (χ4n) is 3.49. The summed E-state index contributed by atoms with van der Waals surface area (Å²) in [5.74, 6) is -1.52. The van der Waals surface area contributed by atoms with Gasteiger partial charge in [-0.25, -0.2) is 9.59 Å². The summed E-state index contributed by atoms with van der Waals surface area (Å²) in [5.41, 5.74) is -2.21. The summed E-state index contributed by atoms with van der Waals surface area (Å²) in [5, 5.41) is 9.62. The minimum Gasteiger partial charge on any atom is -0.479 e. The zero-order valence-corrected chi connectivity index (χ0v) is 14.7. The summed E-state index contributed by atoms with van der Waals surface area (Å²) in [6.07, 6.45) is 0.0848. The number of hydrogen-bond acceptors (Lipinski definition) is 6. The maximum atomic E-state index is 12.5. The first-order valence-electron chi connectivity index (χ1n) is 7.39. The number of fused-ring (bicyclic) bond motifs is 2. The standard InChI is InChI=1S/C14H23NO7S/c1-13(2,3)21-12(18)15-9-6-8(14(15,4)11(16)17)7-10(9)22-23(5,19)20/h8-10H,6-7H2,1-5H3,(H,16,17)/t8-,9+,10+,14-/m0/s1. The molecule has 2 rings (SSSR count). The van der Waals surface area contributed by atoms with Gasteiger partial charge in [-0.15, -0.1) is 0 Å². The minimum absolute atomic E-state index is 0.278. The van der Waals surface area contributed by atoms with Crippen molar-refractivity contribution >= 4 is 22.2 Å². The Hall–Kier alpha value is -1.35. The molecule has 1 aliphatic carbocycles. The zero-order chi connectivity index (χ0) is 17.8. The van der Waals surface area contributed by atoms with E-state index in [9.17, 15) is 23.1 Å². The number of amides is 1. The molecular formula is C14H23NO7S. The second-order valence-corrected chi connectivity index (χ2v) is 8.98. The van der Waals surface area contributed by atoms with Gasteiger partial charge in [0.2, 0.25) is 0 Å². The first-order chi connectivity index (χ1) is 10.3. The molecule has 9 heteroatoms. The van der Waals surface area contributed by atoms with Gasteiger partial charge < -0.3 is 9.84 Å². The molecule has 8 nitrogen and oxygen atoms in total. The molecule has 0 radical (unpaired) electrons. The minimum atomic E-state index is -3.70. The molecule has 2 fully saturated rings. The lowest BCUT2D eigenvalue weighted by molar-refractivity contribution is -0.155. The van der Waals surface area contributed by atoms with Crippen molar-refractivity contribution in [1.29, 1.82) is 0 Å². The highest BCUT2D eigenvalue weighted by Gasteiger charge is 2.65. The van der Waals surface area contributed by atoms with Crippen LogP contribution in [0.1, 0.15) is 40.5 Å². The van der Waals surface area contributed by atoms with E-state index in [2.05, 4.69) is 0 Å². The highest BCUT2D eigenvalue weighted by atomic mass is 32.2. The van der Waals surface area contributed by atoms with Gasteiger partial charge in [-0.1, -0.05) is 0 Å². The van der Waals surface area contributed by atoms with Crippen LogP contribution in [0.4, 0.5) is 4.79 Å². The average Bonchev–Trinajstić information content (AvgIpc) is 2.80. The fraction of sp³-hybridized carbons (Fsp3) is 0.857. The molecule has 1 amide bonds. The molecule has 0 unspecified atom stereocenters. The van der Waals surface area contributed by atoms with Gasteiger partial charge in [-0.3, -0.25) is 9.08 Å². The first kappa shape index (κ1) is 18.0. The van der Waals surface area contributed by atoms with E-state index >= 15 is 0 Å².